The number of halogens is 1. The van der Waals surface area contributed by atoms with E-state index in [9.17, 15) is 4.79 Å². The number of rotatable bonds is 2. The van der Waals surface area contributed by atoms with E-state index in [0.29, 0.717) is 5.01 Å². The summed E-state index contributed by atoms with van der Waals surface area (Å²) in [4.78, 5) is 17.7. The van der Waals surface area contributed by atoms with Gasteiger partial charge in [-0.25, -0.2) is 4.98 Å². The maximum absolute atomic E-state index is 11.2. The third-order valence-electron chi connectivity index (χ3n) is 1.90. The van der Waals surface area contributed by atoms with Gasteiger partial charge in [0, 0.05) is 21.7 Å². The molecule has 2 aromatic heterocycles. The predicted molar refractivity (Wildman–Crippen MR) is 67.9 cm³/mol. The van der Waals surface area contributed by atoms with Gasteiger partial charge in [-0.3, -0.25) is 4.79 Å². The maximum atomic E-state index is 11.2. The van der Waals surface area contributed by atoms with Crippen molar-refractivity contribution in [3.8, 4) is 10.6 Å². The van der Waals surface area contributed by atoms with Gasteiger partial charge < -0.3 is 0 Å². The van der Waals surface area contributed by atoms with Crippen LogP contribution in [-0.2, 0) is 0 Å². The van der Waals surface area contributed by atoms with E-state index in [2.05, 4.69) is 20.9 Å². The Kier molecular flexibility index (Phi) is 3.04. The van der Waals surface area contributed by atoms with Crippen molar-refractivity contribution in [1.29, 1.82) is 0 Å². The molecule has 78 valence electrons. The third-order valence-corrected chi connectivity index (χ3v) is 4.67. The summed E-state index contributed by atoms with van der Waals surface area (Å²) < 4.78 is 1.05. The molecular weight excluding hydrogens is 294 g/mol. The average molecular weight is 302 g/mol. The summed E-state index contributed by atoms with van der Waals surface area (Å²) >= 11 is 6.49. The van der Waals surface area contributed by atoms with Crippen LogP contribution < -0.4 is 0 Å². The number of hydrogen-bond donors (Lipinski definition) is 0. The first kappa shape index (κ1) is 11.0. The van der Waals surface area contributed by atoms with Crippen LogP contribution >= 0.6 is 38.6 Å². The van der Waals surface area contributed by atoms with Crippen LogP contribution in [0.5, 0.6) is 0 Å². The first-order valence-corrected chi connectivity index (χ1v) is 6.79. The van der Waals surface area contributed by atoms with Crippen molar-refractivity contribution in [2.24, 2.45) is 0 Å². The van der Waals surface area contributed by atoms with E-state index in [1.54, 1.807) is 18.3 Å². The molecule has 2 rings (SSSR count). The van der Waals surface area contributed by atoms with Crippen LogP contribution in [0.15, 0.2) is 15.9 Å². The van der Waals surface area contributed by atoms with Crippen LogP contribution in [0.1, 0.15) is 21.6 Å². The molecule has 2 heterocycles. The van der Waals surface area contributed by atoms with Crippen LogP contribution in [0, 0.1) is 6.92 Å². The van der Waals surface area contributed by atoms with Crippen LogP contribution in [0.3, 0.4) is 0 Å². The number of aromatic nitrogens is 1. The van der Waals surface area contributed by atoms with Crippen molar-refractivity contribution < 1.29 is 4.79 Å². The average Bonchev–Trinajstić information content (AvgIpc) is 2.71. The van der Waals surface area contributed by atoms with Gasteiger partial charge in [0.2, 0.25) is 0 Å². The van der Waals surface area contributed by atoms with Gasteiger partial charge in [0.05, 0.1) is 10.6 Å². The Morgan fingerprint density at radius 3 is 2.73 bits per heavy atom. The normalized spacial score (nSPS) is 10.6. The lowest BCUT2D eigenvalue weighted by Gasteiger charge is -1.90. The topological polar surface area (TPSA) is 30.0 Å². The zero-order chi connectivity index (χ0) is 11.0. The second-order valence-corrected chi connectivity index (χ2v) is 6.14. The molecule has 0 aliphatic rings. The Morgan fingerprint density at radius 1 is 1.53 bits per heavy atom. The minimum Gasteiger partial charge on any atom is -0.292 e. The number of carbonyl (C=O) groups is 1. The monoisotopic (exact) mass is 301 g/mol. The Hall–Kier alpha value is -0.520. The lowest BCUT2D eigenvalue weighted by molar-refractivity contribution is 0.101. The largest absolute Gasteiger partial charge is 0.292 e. The highest BCUT2D eigenvalue weighted by Gasteiger charge is 2.13. The van der Waals surface area contributed by atoms with Gasteiger partial charge >= 0.3 is 0 Å². The Morgan fingerprint density at radius 2 is 2.27 bits per heavy atom. The molecule has 0 amide bonds. The molecular formula is C10H8BrNOS2. The van der Waals surface area contributed by atoms with Crippen LogP contribution in [0.25, 0.3) is 10.6 Å². The standard InChI is InChI=1S/C10H8BrNOS2/c1-5(13)10-12-9(6(2)15-10)8-3-7(11)4-14-8/h3-4H,1-2H3. The van der Waals surface area contributed by atoms with E-state index in [1.807, 2.05) is 18.4 Å². The summed E-state index contributed by atoms with van der Waals surface area (Å²) in [6.45, 7) is 3.54. The van der Waals surface area contributed by atoms with Gasteiger partial charge in [-0.2, -0.15) is 0 Å². The van der Waals surface area contributed by atoms with Gasteiger partial charge in [-0.05, 0) is 28.9 Å². The highest BCUT2D eigenvalue weighted by atomic mass is 79.9. The summed E-state index contributed by atoms with van der Waals surface area (Å²) in [5.41, 5.74) is 0.931. The fourth-order valence-corrected chi connectivity index (χ4v) is 3.57. The van der Waals surface area contributed by atoms with Crippen molar-refractivity contribution in [3.63, 3.8) is 0 Å². The van der Waals surface area contributed by atoms with Crippen LogP contribution in [0.2, 0.25) is 0 Å². The van der Waals surface area contributed by atoms with Crippen LogP contribution in [-0.4, -0.2) is 10.8 Å². The van der Waals surface area contributed by atoms with E-state index in [-0.39, 0.29) is 5.78 Å². The summed E-state index contributed by atoms with van der Waals surface area (Å²) in [7, 11) is 0. The summed E-state index contributed by atoms with van der Waals surface area (Å²) in [6.07, 6.45) is 0. The number of aryl methyl sites for hydroxylation is 1. The lowest BCUT2D eigenvalue weighted by Crippen LogP contribution is -1.89. The minimum absolute atomic E-state index is 0.0324. The second-order valence-electron chi connectivity index (χ2n) is 3.11. The number of carbonyl (C=O) groups excluding carboxylic acids is 1. The number of thiophene rings is 1. The Labute approximate surface area is 104 Å². The zero-order valence-corrected chi connectivity index (χ0v) is 11.4. The fraction of sp³-hybridized carbons (Fsp3) is 0.200. The molecule has 0 unspecified atom stereocenters. The van der Waals surface area contributed by atoms with E-state index in [0.717, 1.165) is 19.9 Å². The molecule has 0 aromatic carbocycles. The molecule has 0 spiro atoms. The molecule has 0 fully saturated rings. The summed E-state index contributed by atoms with van der Waals surface area (Å²) in [5, 5.41) is 2.61. The lowest BCUT2D eigenvalue weighted by atomic mass is 10.3. The van der Waals surface area contributed by atoms with Gasteiger partial charge in [0.25, 0.3) is 0 Å². The van der Waals surface area contributed by atoms with Crippen molar-refractivity contribution in [3.05, 3.63) is 25.8 Å². The van der Waals surface area contributed by atoms with Gasteiger partial charge in [0.1, 0.15) is 0 Å². The molecule has 2 aromatic rings. The van der Waals surface area contributed by atoms with E-state index < -0.39 is 0 Å². The molecule has 2 nitrogen and oxygen atoms in total. The summed E-state index contributed by atoms with van der Waals surface area (Å²) in [6, 6.07) is 2.02. The van der Waals surface area contributed by atoms with Gasteiger partial charge in [0.15, 0.2) is 10.8 Å². The number of hydrogen-bond acceptors (Lipinski definition) is 4. The minimum atomic E-state index is 0.0324. The molecule has 0 aliphatic carbocycles. The van der Waals surface area contributed by atoms with Crippen LogP contribution in [0.4, 0.5) is 0 Å². The predicted octanol–water partition coefficient (Wildman–Crippen LogP) is 4.15. The van der Waals surface area contributed by atoms with E-state index in [1.165, 1.54) is 11.3 Å². The van der Waals surface area contributed by atoms with Crippen molar-refractivity contribution >= 4 is 44.4 Å². The molecule has 0 aliphatic heterocycles. The molecule has 0 saturated carbocycles. The Balaban J connectivity index is 2.49. The first-order valence-electron chi connectivity index (χ1n) is 4.30. The van der Waals surface area contributed by atoms with Crippen molar-refractivity contribution in [1.82, 2.24) is 4.98 Å². The third kappa shape index (κ3) is 2.19. The zero-order valence-electron chi connectivity index (χ0n) is 8.20. The summed E-state index contributed by atoms with van der Waals surface area (Å²) in [5.74, 6) is 0.0324. The van der Waals surface area contributed by atoms with E-state index >= 15 is 0 Å². The smallest absolute Gasteiger partial charge is 0.188 e. The Bertz CT molecular complexity index is 515. The molecule has 0 N–H and O–H groups in total. The molecule has 0 saturated heterocycles. The van der Waals surface area contributed by atoms with Crippen molar-refractivity contribution in [2.75, 3.05) is 0 Å². The SMILES string of the molecule is CC(=O)c1nc(-c2cc(Br)cs2)c(C)s1. The van der Waals surface area contributed by atoms with Gasteiger partial charge in [-0.15, -0.1) is 22.7 Å². The molecule has 0 radical (unpaired) electrons. The molecule has 0 bridgehead atoms. The first-order chi connectivity index (χ1) is 7.08. The van der Waals surface area contributed by atoms with E-state index in [4.69, 9.17) is 0 Å². The molecule has 5 heteroatoms. The number of nitrogens with zero attached hydrogens (tertiary/aromatic N) is 1. The molecule has 15 heavy (non-hydrogen) atoms. The van der Waals surface area contributed by atoms with Crippen molar-refractivity contribution in [2.45, 2.75) is 13.8 Å². The highest BCUT2D eigenvalue weighted by molar-refractivity contribution is 9.10. The number of Topliss-reactive ketones (excluding diaryl/α,β-unsaturated/α-hetero) is 1. The quantitative estimate of drug-likeness (QED) is 0.780. The number of ketones is 1. The fourth-order valence-electron chi connectivity index (χ4n) is 1.21. The number of thiazole rings is 1. The highest BCUT2D eigenvalue weighted by Crippen LogP contribution is 2.33. The second kappa shape index (κ2) is 4.15. The maximum Gasteiger partial charge on any atom is 0.188 e. The van der Waals surface area contributed by atoms with Gasteiger partial charge in [-0.1, -0.05) is 0 Å². The molecule has 0 atom stereocenters.